The number of methoxy groups -OCH3 is 2. The second kappa shape index (κ2) is 7.61. The first-order chi connectivity index (χ1) is 12.8. The Morgan fingerprint density at radius 1 is 1.11 bits per heavy atom. The van der Waals surface area contributed by atoms with Crippen molar-refractivity contribution < 1.29 is 27.0 Å². The van der Waals surface area contributed by atoms with Gasteiger partial charge in [0.25, 0.3) is 0 Å². The molecule has 0 unspecified atom stereocenters. The fourth-order valence-electron chi connectivity index (χ4n) is 2.97. The normalized spacial score (nSPS) is 17.7. The lowest BCUT2D eigenvalue weighted by Gasteiger charge is -2.18. The Labute approximate surface area is 157 Å². The minimum absolute atomic E-state index is 0.122. The highest BCUT2D eigenvalue weighted by Crippen LogP contribution is 2.32. The number of hydrogen-bond acceptors (Lipinski definition) is 7. The smallest absolute Gasteiger partial charge is 0.339 e. The summed E-state index contributed by atoms with van der Waals surface area (Å²) in [6.45, 7) is 2.16. The highest BCUT2D eigenvalue weighted by Gasteiger charge is 2.34. The fourth-order valence-corrected chi connectivity index (χ4v) is 4.48. The highest BCUT2D eigenvalue weighted by atomic mass is 32.2. The van der Waals surface area contributed by atoms with E-state index in [0.717, 1.165) is 0 Å². The molecule has 27 heavy (non-hydrogen) atoms. The summed E-state index contributed by atoms with van der Waals surface area (Å²) in [6, 6.07) is 7.33. The molecule has 0 bridgehead atoms. The van der Waals surface area contributed by atoms with Gasteiger partial charge in [-0.2, -0.15) is 4.31 Å². The molecular weight excluding hydrogens is 374 g/mol. The summed E-state index contributed by atoms with van der Waals surface area (Å²) in [5, 5.41) is 0. The molecule has 146 valence electrons. The number of sulfonamides is 1. The van der Waals surface area contributed by atoms with Crippen LogP contribution >= 0.6 is 0 Å². The number of benzene rings is 1. The van der Waals surface area contributed by atoms with Crippen LogP contribution in [0.3, 0.4) is 0 Å². The molecule has 0 amide bonds. The maximum atomic E-state index is 12.9. The van der Waals surface area contributed by atoms with Crippen LogP contribution in [0.2, 0.25) is 0 Å². The molecule has 1 saturated heterocycles. The topological polar surface area (TPSA) is 95.3 Å². The largest absolute Gasteiger partial charge is 0.493 e. The lowest BCUT2D eigenvalue weighted by molar-refractivity contribution is 0.213. The van der Waals surface area contributed by atoms with E-state index in [1.54, 1.807) is 19.1 Å². The van der Waals surface area contributed by atoms with Crippen LogP contribution in [0.1, 0.15) is 12.2 Å². The van der Waals surface area contributed by atoms with E-state index in [0.29, 0.717) is 36.0 Å². The van der Waals surface area contributed by atoms with Crippen molar-refractivity contribution in [3.8, 4) is 17.2 Å². The second-order valence-corrected chi connectivity index (χ2v) is 8.07. The van der Waals surface area contributed by atoms with E-state index in [9.17, 15) is 13.2 Å². The van der Waals surface area contributed by atoms with Gasteiger partial charge in [-0.15, -0.1) is 0 Å². The fraction of sp³-hybridized carbons (Fsp3) is 0.389. The number of ether oxygens (including phenoxy) is 3. The van der Waals surface area contributed by atoms with E-state index in [2.05, 4.69) is 0 Å². The first-order valence-corrected chi connectivity index (χ1v) is 9.78. The molecule has 0 saturated carbocycles. The van der Waals surface area contributed by atoms with E-state index >= 15 is 0 Å². The van der Waals surface area contributed by atoms with Crippen LogP contribution < -0.4 is 19.8 Å². The Hall–Kier alpha value is -2.52. The zero-order valence-electron chi connectivity index (χ0n) is 15.3. The van der Waals surface area contributed by atoms with Crippen LogP contribution in [0.4, 0.5) is 0 Å². The first kappa shape index (κ1) is 19.2. The molecule has 1 fully saturated rings. The average molecular weight is 395 g/mol. The predicted octanol–water partition coefficient (Wildman–Crippen LogP) is 1.81. The molecule has 0 spiro atoms. The van der Waals surface area contributed by atoms with Gasteiger partial charge < -0.3 is 18.6 Å². The van der Waals surface area contributed by atoms with Crippen LogP contribution in [0, 0.1) is 6.92 Å². The third-order valence-corrected chi connectivity index (χ3v) is 6.13. The van der Waals surface area contributed by atoms with Crippen LogP contribution in [0.25, 0.3) is 0 Å². The van der Waals surface area contributed by atoms with E-state index < -0.39 is 15.6 Å². The van der Waals surface area contributed by atoms with Gasteiger partial charge in [-0.25, -0.2) is 13.2 Å². The lowest BCUT2D eigenvalue weighted by atomic mass is 10.3. The molecular formula is C18H21NO7S. The Bertz CT molecular complexity index is 983. The average Bonchev–Trinajstić information content (AvgIpc) is 3.09. The zero-order chi connectivity index (χ0) is 19.6. The summed E-state index contributed by atoms with van der Waals surface area (Å²) >= 11 is 0. The number of rotatable bonds is 6. The van der Waals surface area contributed by atoms with Crippen molar-refractivity contribution in [2.24, 2.45) is 0 Å². The highest BCUT2D eigenvalue weighted by molar-refractivity contribution is 7.89. The van der Waals surface area contributed by atoms with Crippen molar-refractivity contribution in [1.82, 2.24) is 4.31 Å². The molecule has 1 aliphatic heterocycles. The maximum absolute atomic E-state index is 12.9. The van der Waals surface area contributed by atoms with E-state index in [4.69, 9.17) is 18.6 Å². The molecule has 9 heteroatoms. The summed E-state index contributed by atoms with van der Waals surface area (Å²) in [6.07, 6.45) is 0.173. The molecule has 2 aromatic rings. The van der Waals surface area contributed by atoms with Gasteiger partial charge in [-0.3, -0.25) is 0 Å². The third kappa shape index (κ3) is 4.09. The lowest BCUT2D eigenvalue weighted by Crippen LogP contribution is -2.31. The number of nitrogens with zero attached hydrogens (tertiary/aromatic N) is 1. The Morgan fingerprint density at radius 2 is 1.85 bits per heavy atom. The molecule has 1 aromatic carbocycles. The molecule has 1 atom stereocenters. The van der Waals surface area contributed by atoms with Crippen molar-refractivity contribution in [1.29, 1.82) is 0 Å². The minimum atomic E-state index is -3.70. The van der Waals surface area contributed by atoms with E-state index in [-0.39, 0.29) is 17.5 Å². The van der Waals surface area contributed by atoms with Crippen molar-refractivity contribution in [3.63, 3.8) is 0 Å². The first-order valence-electron chi connectivity index (χ1n) is 8.34. The molecule has 0 aliphatic carbocycles. The zero-order valence-corrected chi connectivity index (χ0v) is 16.1. The van der Waals surface area contributed by atoms with Crippen molar-refractivity contribution >= 4 is 10.0 Å². The van der Waals surface area contributed by atoms with Crippen molar-refractivity contribution in [2.45, 2.75) is 24.3 Å². The van der Waals surface area contributed by atoms with Crippen LogP contribution in [0.5, 0.6) is 17.2 Å². The van der Waals surface area contributed by atoms with Crippen LogP contribution in [-0.4, -0.2) is 46.1 Å². The summed E-state index contributed by atoms with van der Waals surface area (Å²) in [4.78, 5) is 11.6. The van der Waals surface area contributed by atoms with E-state index in [1.807, 2.05) is 0 Å². The number of aryl methyl sites for hydroxylation is 1. The third-order valence-electron chi connectivity index (χ3n) is 4.27. The summed E-state index contributed by atoms with van der Waals surface area (Å²) in [5.74, 6) is 1.61. The standard InChI is InChI=1S/C18H21NO7S/c1-12-8-14(9-18(20)25-12)26-13-6-7-19(11-13)27(21,22)15-4-5-16(23-2)17(10-15)24-3/h4-5,8-10,13H,6-7,11H2,1-3H3/t13-/m1/s1. The van der Waals surface area contributed by atoms with Gasteiger partial charge in [0, 0.05) is 18.7 Å². The predicted molar refractivity (Wildman–Crippen MR) is 97.1 cm³/mol. The van der Waals surface area contributed by atoms with Gasteiger partial charge in [0.05, 0.1) is 31.7 Å². The Balaban J connectivity index is 1.76. The maximum Gasteiger partial charge on any atom is 0.339 e. The summed E-state index contributed by atoms with van der Waals surface area (Å²) in [5.41, 5.74) is -0.502. The second-order valence-electron chi connectivity index (χ2n) is 6.13. The van der Waals surface area contributed by atoms with Crippen LogP contribution in [0.15, 0.2) is 44.4 Å². The molecule has 1 aromatic heterocycles. The van der Waals surface area contributed by atoms with E-state index in [1.165, 1.54) is 36.7 Å². The van der Waals surface area contributed by atoms with Gasteiger partial charge in [0.1, 0.15) is 17.6 Å². The molecule has 0 N–H and O–H groups in total. The number of hydrogen-bond donors (Lipinski definition) is 0. The van der Waals surface area contributed by atoms with Gasteiger partial charge in [0.15, 0.2) is 11.5 Å². The summed E-state index contributed by atoms with van der Waals surface area (Å²) in [7, 11) is -0.763. The quantitative estimate of drug-likeness (QED) is 0.736. The molecule has 1 aliphatic rings. The Kier molecular flexibility index (Phi) is 5.43. The molecule has 0 radical (unpaired) electrons. The van der Waals surface area contributed by atoms with Crippen molar-refractivity contribution in [3.05, 3.63) is 46.5 Å². The SMILES string of the molecule is COc1ccc(S(=O)(=O)N2CC[C@@H](Oc3cc(C)oc(=O)c3)C2)cc1OC. The van der Waals surface area contributed by atoms with Gasteiger partial charge >= 0.3 is 5.63 Å². The van der Waals surface area contributed by atoms with Crippen molar-refractivity contribution in [2.75, 3.05) is 27.3 Å². The minimum Gasteiger partial charge on any atom is -0.493 e. The van der Waals surface area contributed by atoms with Crippen LogP contribution in [-0.2, 0) is 10.0 Å². The van der Waals surface area contributed by atoms with Gasteiger partial charge in [0.2, 0.25) is 10.0 Å². The van der Waals surface area contributed by atoms with Gasteiger partial charge in [-0.1, -0.05) is 0 Å². The molecule has 8 nitrogen and oxygen atoms in total. The molecule has 2 heterocycles. The summed E-state index contributed by atoms with van der Waals surface area (Å²) < 4.78 is 48.2. The van der Waals surface area contributed by atoms with Gasteiger partial charge in [-0.05, 0) is 25.5 Å². The Morgan fingerprint density at radius 3 is 2.52 bits per heavy atom. The molecule has 3 rings (SSSR count). The monoisotopic (exact) mass is 395 g/mol.